The maximum atomic E-state index is 13.2. The van der Waals surface area contributed by atoms with Crippen LogP contribution >= 0.6 is 0 Å². The van der Waals surface area contributed by atoms with E-state index in [1.807, 2.05) is 48.3 Å². The van der Waals surface area contributed by atoms with Gasteiger partial charge in [-0.25, -0.2) is 4.79 Å². The summed E-state index contributed by atoms with van der Waals surface area (Å²) in [5.41, 5.74) is 2.19. The molecule has 1 heterocycles. The predicted molar refractivity (Wildman–Crippen MR) is 138 cm³/mol. The summed E-state index contributed by atoms with van der Waals surface area (Å²) in [5, 5.41) is 7.27. The van der Waals surface area contributed by atoms with Gasteiger partial charge in [0.15, 0.2) is 0 Å². The number of amides is 1. The number of carbonyl (C=O) groups is 1. The maximum absolute atomic E-state index is 13.2. The van der Waals surface area contributed by atoms with Crippen LogP contribution in [0.2, 0.25) is 0 Å². The summed E-state index contributed by atoms with van der Waals surface area (Å²) >= 11 is 0. The lowest BCUT2D eigenvalue weighted by Gasteiger charge is -2.24. The Labute approximate surface area is 201 Å². The van der Waals surface area contributed by atoms with E-state index in [-0.39, 0.29) is 11.9 Å². The molecule has 1 unspecified atom stereocenters. The summed E-state index contributed by atoms with van der Waals surface area (Å²) in [6.45, 7) is 7.15. The highest BCUT2D eigenvalue weighted by Crippen LogP contribution is 2.34. The summed E-state index contributed by atoms with van der Waals surface area (Å²) in [6, 6.07) is 14.2. The molecule has 0 aliphatic carbocycles. The van der Waals surface area contributed by atoms with Crippen molar-refractivity contribution in [1.82, 2.24) is 5.32 Å². The van der Waals surface area contributed by atoms with Gasteiger partial charge in [0, 0.05) is 24.2 Å². The van der Waals surface area contributed by atoms with Gasteiger partial charge in [0.1, 0.15) is 11.3 Å². The molecular weight excluding hydrogens is 430 g/mol. The third kappa shape index (κ3) is 6.17. The van der Waals surface area contributed by atoms with Gasteiger partial charge in [-0.2, -0.15) is 0 Å². The minimum atomic E-state index is -0.419. The summed E-state index contributed by atoms with van der Waals surface area (Å²) < 4.78 is 10.8. The third-order valence-electron chi connectivity index (χ3n) is 5.76. The average Bonchev–Trinajstić information content (AvgIpc) is 2.82. The number of hydrogen-bond donors (Lipinski definition) is 2. The van der Waals surface area contributed by atoms with Crippen LogP contribution in [0.4, 0.5) is 17.1 Å². The Bertz CT molecular complexity index is 1170. The highest BCUT2D eigenvalue weighted by molar-refractivity contribution is 5.97. The minimum absolute atomic E-state index is 0.0892. The lowest BCUT2D eigenvalue weighted by atomic mass is 10.0. The predicted octanol–water partition coefficient (Wildman–Crippen LogP) is 5.31. The van der Waals surface area contributed by atoms with Gasteiger partial charge in [-0.15, -0.1) is 0 Å². The fraction of sp³-hybridized carbons (Fsp3) is 0.407. The molecule has 3 aromatic rings. The Balaban J connectivity index is 1.91. The highest BCUT2D eigenvalue weighted by Gasteiger charge is 2.21. The minimum Gasteiger partial charge on any atom is -0.495 e. The molecule has 1 amide bonds. The molecule has 1 atom stereocenters. The van der Waals surface area contributed by atoms with Crippen molar-refractivity contribution in [2.75, 3.05) is 30.9 Å². The quantitative estimate of drug-likeness (QED) is 0.295. The number of rotatable bonds is 11. The van der Waals surface area contributed by atoms with Gasteiger partial charge in [0.2, 0.25) is 5.91 Å². The van der Waals surface area contributed by atoms with Crippen LogP contribution in [0.25, 0.3) is 11.0 Å². The van der Waals surface area contributed by atoms with Crippen LogP contribution in [0.5, 0.6) is 5.75 Å². The third-order valence-corrected chi connectivity index (χ3v) is 5.76. The van der Waals surface area contributed by atoms with Gasteiger partial charge in [-0.05, 0) is 55.6 Å². The molecule has 2 N–H and O–H groups in total. The van der Waals surface area contributed by atoms with Crippen LogP contribution in [-0.2, 0) is 4.79 Å². The molecule has 0 bridgehead atoms. The lowest BCUT2D eigenvalue weighted by molar-refractivity contribution is -0.118. The number of methoxy groups -OCH3 is 1. The van der Waals surface area contributed by atoms with Gasteiger partial charge < -0.3 is 24.7 Å². The average molecular weight is 466 g/mol. The topological polar surface area (TPSA) is 83.8 Å². The molecule has 182 valence electrons. The van der Waals surface area contributed by atoms with E-state index in [1.165, 1.54) is 6.07 Å². The summed E-state index contributed by atoms with van der Waals surface area (Å²) in [5.74, 6) is 0.857. The molecule has 2 aromatic carbocycles. The maximum Gasteiger partial charge on any atom is 0.338 e. The van der Waals surface area contributed by atoms with E-state index in [2.05, 4.69) is 31.4 Å². The Morgan fingerprint density at radius 3 is 2.62 bits per heavy atom. The largest absolute Gasteiger partial charge is 0.495 e. The number of fused-ring (bicyclic) bond motifs is 1. The van der Waals surface area contributed by atoms with E-state index in [4.69, 9.17) is 9.15 Å². The van der Waals surface area contributed by atoms with Crippen molar-refractivity contribution in [3.63, 3.8) is 0 Å². The molecule has 3 rings (SSSR count). The van der Waals surface area contributed by atoms with Crippen molar-refractivity contribution < 1.29 is 13.9 Å². The second kappa shape index (κ2) is 11.7. The zero-order valence-corrected chi connectivity index (χ0v) is 20.7. The number of nitrogens with zero attached hydrogens (tertiary/aromatic N) is 1. The van der Waals surface area contributed by atoms with E-state index in [9.17, 15) is 9.59 Å². The summed E-state index contributed by atoms with van der Waals surface area (Å²) in [6.07, 6.45) is 2.82. The number of unbranched alkanes of at least 4 members (excludes halogenated alkanes) is 1. The van der Waals surface area contributed by atoms with E-state index < -0.39 is 5.63 Å². The second-order valence-electron chi connectivity index (χ2n) is 8.87. The zero-order valence-electron chi connectivity index (χ0n) is 20.7. The van der Waals surface area contributed by atoms with Gasteiger partial charge in [0.25, 0.3) is 0 Å². The van der Waals surface area contributed by atoms with Gasteiger partial charge >= 0.3 is 5.63 Å². The molecule has 0 saturated carbocycles. The first-order valence-corrected chi connectivity index (χ1v) is 11.8. The number of para-hydroxylation sites is 1. The first-order valence-electron chi connectivity index (χ1n) is 11.8. The smallest absolute Gasteiger partial charge is 0.338 e. The van der Waals surface area contributed by atoms with Crippen molar-refractivity contribution in [2.45, 2.75) is 46.1 Å². The zero-order chi connectivity index (χ0) is 24.7. The SMILES string of the molecule is CCCCNC(CC(C)C)C(=O)Nc1cc(N(C)c2cc(=O)oc3ccccc23)ccc1OC. The first-order chi connectivity index (χ1) is 16.3. The molecule has 0 aliphatic heterocycles. The lowest BCUT2D eigenvalue weighted by Crippen LogP contribution is -2.42. The van der Waals surface area contributed by atoms with E-state index in [0.717, 1.165) is 36.9 Å². The Morgan fingerprint density at radius 1 is 1.15 bits per heavy atom. The van der Waals surface area contributed by atoms with E-state index in [1.54, 1.807) is 13.2 Å². The number of carbonyl (C=O) groups excluding carboxylic acids is 1. The molecule has 7 heteroatoms. The number of hydrogen-bond acceptors (Lipinski definition) is 6. The van der Waals surface area contributed by atoms with Crippen molar-refractivity contribution in [2.24, 2.45) is 5.92 Å². The van der Waals surface area contributed by atoms with Crippen LogP contribution in [0.1, 0.15) is 40.0 Å². The van der Waals surface area contributed by atoms with Crippen molar-refractivity contribution in [3.05, 3.63) is 59.0 Å². The van der Waals surface area contributed by atoms with Gasteiger partial charge in [-0.1, -0.05) is 39.3 Å². The van der Waals surface area contributed by atoms with Gasteiger partial charge in [0.05, 0.1) is 24.5 Å². The number of anilines is 3. The molecule has 0 saturated heterocycles. The van der Waals surface area contributed by atoms with Crippen molar-refractivity contribution in [3.8, 4) is 5.75 Å². The van der Waals surface area contributed by atoms with Crippen LogP contribution in [0.15, 0.2) is 57.7 Å². The Morgan fingerprint density at radius 2 is 1.91 bits per heavy atom. The molecule has 0 aliphatic rings. The number of ether oxygens (including phenoxy) is 1. The molecular formula is C27H35N3O4. The normalized spacial score (nSPS) is 12.1. The van der Waals surface area contributed by atoms with Crippen LogP contribution in [0.3, 0.4) is 0 Å². The molecule has 7 nitrogen and oxygen atoms in total. The van der Waals surface area contributed by atoms with Crippen LogP contribution in [-0.4, -0.2) is 32.7 Å². The molecule has 1 aromatic heterocycles. The van der Waals surface area contributed by atoms with E-state index >= 15 is 0 Å². The fourth-order valence-electron chi connectivity index (χ4n) is 3.94. The molecule has 0 radical (unpaired) electrons. The monoisotopic (exact) mass is 465 g/mol. The standard InChI is InChI=1S/C27H35N3O4/c1-6-7-14-28-22(15-18(2)3)27(32)29-21-16-19(12-13-25(21)33-5)30(4)23-17-26(31)34-24-11-9-8-10-20(23)24/h8-13,16-18,22,28H,6-7,14-15H2,1-5H3,(H,29,32). The van der Waals surface area contributed by atoms with Crippen molar-refractivity contribution >= 4 is 33.9 Å². The van der Waals surface area contributed by atoms with Gasteiger partial charge in [-0.3, -0.25) is 4.79 Å². The number of nitrogens with one attached hydrogen (secondary N) is 2. The Kier molecular flexibility index (Phi) is 8.71. The summed E-state index contributed by atoms with van der Waals surface area (Å²) in [7, 11) is 3.46. The number of benzene rings is 2. The molecule has 34 heavy (non-hydrogen) atoms. The van der Waals surface area contributed by atoms with E-state index in [0.29, 0.717) is 28.6 Å². The summed E-state index contributed by atoms with van der Waals surface area (Å²) in [4.78, 5) is 27.2. The molecule has 0 fully saturated rings. The van der Waals surface area contributed by atoms with Crippen LogP contribution < -0.4 is 25.9 Å². The Hall–Kier alpha value is -3.32. The molecule has 0 spiro atoms. The van der Waals surface area contributed by atoms with Crippen molar-refractivity contribution in [1.29, 1.82) is 0 Å². The second-order valence-corrected chi connectivity index (χ2v) is 8.87. The van der Waals surface area contributed by atoms with Crippen LogP contribution in [0, 0.1) is 5.92 Å². The first kappa shape index (κ1) is 25.3. The fourth-order valence-corrected chi connectivity index (χ4v) is 3.94. The highest BCUT2D eigenvalue weighted by atomic mass is 16.5.